The molecule has 13 heteroatoms. The molecule has 0 unspecified atom stereocenters. The first-order chi connectivity index (χ1) is 18.4. The topological polar surface area (TPSA) is 114 Å². The third-order valence-electron chi connectivity index (χ3n) is 7.64. The fourth-order valence-electron chi connectivity index (χ4n) is 5.40. The monoisotopic (exact) mass is 567 g/mol. The van der Waals surface area contributed by atoms with Gasteiger partial charge in [0.2, 0.25) is 11.8 Å². The van der Waals surface area contributed by atoms with Gasteiger partial charge in [0.25, 0.3) is 10.2 Å². The molecule has 0 spiro atoms. The van der Waals surface area contributed by atoms with Crippen molar-refractivity contribution < 1.29 is 31.2 Å². The molecule has 0 bridgehead atoms. The number of likely N-dealkylation sites (tertiary alicyclic amines) is 1. The van der Waals surface area contributed by atoms with Crippen LogP contribution in [0.1, 0.15) is 36.8 Å². The fourth-order valence-corrected chi connectivity index (χ4v) is 7.19. The number of piperidine rings is 1. The Bertz CT molecular complexity index is 1230. The number of benzene rings is 1. The second-order valence-electron chi connectivity index (χ2n) is 10.4. The second-order valence-corrected chi connectivity index (χ2v) is 12.3. The van der Waals surface area contributed by atoms with E-state index in [4.69, 9.17) is 5.26 Å². The van der Waals surface area contributed by atoms with Crippen LogP contribution in [0.3, 0.4) is 0 Å². The first kappa shape index (κ1) is 29.0. The lowest BCUT2D eigenvalue weighted by molar-refractivity contribution is -0.142. The van der Waals surface area contributed by atoms with Gasteiger partial charge in [0.1, 0.15) is 6.04 Å². The van der Waals surface area contributed by atoms with Gasteiger partial charge in [-0.2, -0.15) is 35.5 Å². The largest absolute Gasteiger partial charge is 0.416 e. The van der Waals surface area contributed by atoms with Crippen molar-refractivity contribution in [2.75, 3.05) is 32.7 Å². The number of allylic oxidation sites excluding steroid dienone is 1. The van der Waals surface area contributed by atoms with E-state index in [0.717, 1.165) is 12.1 Å². The van der Waals surface area contributed by atoms with Crippen molar-refractivity contribution >= 4 is 22.0 Å². The van der Waals surface area contributed by atoms with E-state index >= 15 is 0 Å². The summed E-state index contributed by atoms with van der Waals surface area (Å²) in [5, 5.41) is 11.7. The summed E-state index contributed by atoms with van der Waals surface area (Å²) in [7, 11) is -3.78. The molecule has 4 rings (SSSR count). The lowest BCUT2D eigenvalue weighted by Crippen LogP contribution is -2.57. The van der Waals surface area contributed by atoms with Gasteiger partial charge in [-0.05, 0) is 49.3 Å². The van der Waals surface area contributed by atoms with Gasteiger partial charge in [-0.1, -0.05) is 18.2 Å². The molecule has 3 fully saturated rings. The van der Waals surface area contributed by atoms with Crippen LogP contribution in [0.5, 0.6) is 0 Å². The number of amides is 2. The van der Waals surface area contributed by atoms with Crippen molar-refractivity contribution in [1.82, 2.24) is 18.8 Å². The highest BCUT2D eigenvalue weighted by Gasteiger charge is 2.45. The van der Waals surface area contributed by atoms with E-state index in [1.165, 1.54) is 25.6 Å². The zero-order chi connectivity index (χ0) is 28.4. The number of carbonyl (C=O) groups excluding carboxylic acids is 2. The molecule has 3 saturated heterocycles. The van der Waals surface area contributed by atoms with Gasteiger partial charge >= 0.3 is 6.18 Å². The fraction of sp³-hybridized carbons (Fsp3) is 0.577. The van der Waals surface area contributed by atoms with Crippen LogP contribution in [0, 0.1) is 29.1 Å². The molecule has 1 aromatic rings. The summed E-state index contributed by atoms with van der Waals surface area (Å²) in [4.78, 5) is 28.3. The molecule has 3 heterocycles. The number of hydrogen-bond donors (Lipinski definition) is 1. The van der Waals surface area contributed by atoms with E-state index < -0.39 is 39.8 Å². The lowest BCUT2D eigenvalue weighted by atomic mass is 9.97. The molecule has 0 aliphatic carbocycles. The molecule has 3 aliphatic heterocycles. The minimum absolute atomic E-state index is 0.0105. The molecular weight excluding hydrogens is 535 g/mol. The Kier molecular flexibility index (Phi) is 8.68. The molecule has 3 aliphatic rings. The van der Waals surface area contributed by atoms with Crippen LogP contribution < -0.4 is 5.32 Å². The minimum Gasteiger partial charge on any atom is -0.350 e. The molecule has 1 N–H and O–H groups in total. The number of hydrogen-bond acceptors (Lipinski definition) is 5. The molecule has 39 heavy (non-hydrogen) atoms. The Morgan fingerprint density at radius 2 is 1.82 bits per heavy atom. The highest BCUT2D eigenvalue weighted by atomic mass is 32.2. The van der Waals surface area contributed by atoms with Crippen LogP contribution in [0.25, 0.3) is 0 Å². The normalized spacial score (nSPS) is 25.1. The molecular formula is C26H32F3N5O4S. The average Bonchev–Trinajstić information content (AvgIpc) is 3.30. The predicted molar refractivity (Wildman–Crippen MR) is 136 cm³/mol. The number of halogens is 3. The third-order valence-corrected chi connectivity index (χ3v) is 9.57. The molecule has 0 saturated carbocycles. The van der Waals surface area contributed by atoms with E-state index in [1.54, 1.807) is 6.08 Å². The van der Waals surface area contributed by atoms with Crippen molar-refractivity contribution in [3.8, 4) is 6.07 Å². The third kappa shape index (κ3) is 6.45. The minimum atomic E-state index is -4.45. The Labute approximate surface area is 226 Å². The zero-order valence-electron chi connectivity index (χ0n) is 21.4. The van der Waals surface area contributed by atoms with Crippen LogP contribution >= 0.6 is 0 Å². The quantitative estimate of drug-likeness (QED) is 0.485. The van der Waals surface area contributed by atoms with Gasteiger partial charge in [-0.3, -0.25) is 9.59 Å². The van der Waals surface area contributed by atoms with Crippen molar-refractivity contribution in [3.63, 3.8) is 0 Å². The van der Waals surface area contributed by atoms with E-state index in [2.05, 4.69) is 18.0 Å². The Hall–Kier alpha value is -2.95. The van der Waals surface area contributed by atoms with Gasteiger partial charge in [-0.15, -0.1) is 6.58 Å². The molecule has 3 atom stereocenters. The molecule has 0 aromatic heterocycles. The molecule has 2 amide bonds. The van der Waals surface area contributed by atoms with Crippen LogP contribution in [0.4, 0.5) is 13.2 Å². The van der Waals surface area contributed by atoms with E-state index in [1.807, 2.05) is 0 Å². The smallest absolute Gasteiger partial charge is 0.350 e. The van der Waals surface area contributed by atoms with Crippen molar-refractivity contribution in [2.24, 2.45) is 17.8 Å². The first-order valence-electron chi connectivity index (χ1n) is 12.9. The van der Waals surface area contributed by atoms with Crippen molar-refractivity contribution in [3.05, 3.63) is 48.0 Å². The van der Waals surface area contributed by atoms with Gasteiger partial charge in [0.15, 0.2) is 0 Å². The summed E-state index contributed by atoms with van der Waals surface area (Å²) in [5.41, 5.74) is -0.285. The number of nitrogens with one attached hydrogen (secondary N) is 1. The maximum Gasteiger partial charge on any atom is 0.416 e. The standard InChI is InChI=1S/C26H32F3N5O4S/c1-2-4-19-11-23(24(35)31-13-18-6-8-22(9-7-18)26(27,28)29)34(16-19)25(36)21-5-3-10-32(17-21)39(37,38)33-14-20(12-30)15-33/h2,6-9,19-21,23H,1,3-5,10-11,13-17H2,(H,31,35)/t19-,21+,23+/m1/s1. The highest BCUT2D eigenvalue weighted by Crippen LogP contribution is 2.32. The van der Waals surface area contributed by atoms with E-state index in [9.17, 15) is 31.2 Å². The Morgan fingerprint density at radius 1 is 1.13 bits per heavy atom. The van der Waals surface area contributed by atoms with E-state index in [-0.39, 0.29) is 50.5 Å². The molecule has 212 valence electrons. The maximum absolute atomic E-state index is 13.6. The number of nitrogens with zero attached hydrogens (tertiary/aromatic N) is 4. The van der Waals surface area contributed by atoms with Crippen LogP contribution in [-0.4, -0.2) is 72.5 Å². The van der Waals surface area contributed by atoms with Crippen LogP contribution in [0.15, 0.2) is 36.9 Å². The summed E-state index contributed by atoms with van der Waals surface area (Å²) >= 11 is 0. The van der Waals surface area contributed by atoms with Crippen LogP contribution in [0.2, 0.25) is 0 Å². The summed E-state index contributed by atoms with van der Waals surface area (Å²) in [6.45, 7) is 4.68. The highest BCUT2D eigenvalue weighted by molar-refractivity contribution is 7.86. The SMILES string of the molecule is C=CC[C@@H]1C[C@@H](C(=O)NCc2ccc(C(F)(F)F)cc2)N(C(=O)[C@H]2CCCN(S(=O)(=O)N3CC(C#N)C3)C2)C1. The molecule has 1 aromatic carbocycles. The van der Waals surface area contributed by atoms with Gasteiger partial charge < -0.3 is 10.2 Å². The molecule has 0 radical (unpaired) electrons. The summed E-state index contributed by atoms with van der Waals surface area (Å²) in [6.07, 6.45) is -0.712. The second kappa shape index (κ2) is 11.7. The number of alkyl halides is 3. The van der Waals surface area contributed by atoms with Crippen molar-refractivity contribution in [2.45, 2.75) is 44.4 Å². The molecule has 9 nitrogen and oxygen atoms in total. The number of nitriles is 1. The van der Waals surface area contributed by atoms with Gasteiger partial charge in [-0.25, -0.2) is 0 Å². The first-order valence-corrected chi connectivity index (χ1v) is 14.3. The predicted octanol–water partition coefficient (Wildman–Crippen LogP) is 2.53. The Balaban J connectivity index is 1.41. The summed E-state index contributed by atoms with van der Waals surface area (Å²) < 4.78 is 67.0. The van der Waals surface area contributed by atoms with E-state index in [0.29, 0.717) is 37.8 Å². The zero-order valence-corrected chi connectivity index (χ0v) is 22.3. The maximum atomic E-state index is 13.6. The lowest BCUT2D eigenvalue weighted by Gasteiger charge is -2.41. The van der Waals surface area contributed by atoms with Crippen LogP contribution in [-0.2, 0) is 32.5 Å². The average molecular weight is 568 g/mol. The van der Waals surface area contributed by atoms with Crippen molar-refractivity contribution in [1.29, 1.82) is 5.26 Å². The van der Waals surface area contributed by atoms with Gasteiger partial charge in [0.05, 0.1) is 23.5 Å². The summed E-state index contributed by atoms with van der Waals surface area (Å²) in [6, 6.07) is 5.80. The number of rotatable bonds is 8. The Morgan fingerprint density at radius 3 is 2.44 bits per heavy atom. The number of carbonyl (C=O) groups is 2. The van der Waals surface area contributed by atoms with Gasteiger partial charge in [0, 0.05) is 39.3 Å². The summed E-state index contributed by atoms with van der Waals surface area (Å²) in [5.74, 6) is -1.60.